The Bertz CT molecular complexity index is 933. The van der Waals surface area contributed by atoms with Crippen LogP contribution in [0.3, 0.4) is 0 Å². The Balaban J connectivity index is 1.67. The van der Waals surface area contributed by atoms with Gasteiger partial charge in [0.1, 0.15) is 5.82 Å². The SMILES string of the molecule is CN(c1ccc(NC(=O)c2ccc(F)c(F)c2)cn1)C1CCS(=O)(=O)C1. The van der Waals surface area contributed by atoms with Crippen molar-refractivity contribution in [2.24, 2.45) is 0 Å². The van der Waals surface area contributed by atoms with Crippen LogP contribution in [-0.2, 0) is 9.84 Å². The molecule has 1 N–H and O–H groups in total. The van der Waals surface area contributed by atoms with Gasteiger partial charge < -0.3 is 10.2 Å². The van der Waals surface area contributed by atoms with Gasteiger partial charge in [-0.05, 0) is 36.8 Å². The number of aromatic nitrogens is 1. The summed E-state index contributed by atoms with van der Waals surface area (Å²) in [5.41, 5.74) is 0.372. The van der Waals surface area contributed by atoms with Crippen LogP contribution < -0.4 is 10.2 Å². The van der Waals surface area contributed by atoms with Gasteiger partial charge in [0.15, 0.2) is 21.5 Å². The molecule has 1 aliphatic rings. The zero-order chi connectivity index (χ0) is 18.9. The van der Waals surface area contributed by atoms with Gasteiger partial charge in [-0.25, -0.2) is 22.2 Å². The number of pyridine rings is 1. The van der Waals surface area contributed by atoms with E-state index in [0.717, 1.165) is 12.1 Å². The number of anilines is 2. The zero-order valence-electron chi connectivity index (χ0n) is 13.9. The molecular weight excluding hydrogens is 364 g/mol. The largest absolute Gasteiger partial charge is 0.356 e. The zero-order valence-corrected chi connectivity index (χ0v) is 14.8. The molecule has 2 aromatic rings. The maximum Gasteiger partial charge on any atom is 0.255 e. The second kappa shape index (κ2) is 6.99. The van der Waals surface area contributed by atoms with Gasteiger partial charge in [-0.2, -0.15) is 0 Å². The van der Waals surface area contributed by atoms with Gasteiger partial charge >= 0.3 is 0 Å². The first kappa shape index (κ1) is 18.2. The Morgan fingerprint density at radius 3 is 2.58 bits per heavy atom. The van der Waals surface area contributed by atoms with Crippen molar-refractivity contribution in [2.45, 2.75) is 12.5 Å². The second-order valence-electron chi connectivity index (χ2n) is 6.16. The van der Waals surface area contributed by atoms with Gasteiger partial charge in [0, 0.05) is 18.7 Å². The fraction of sp³-hybridized carbons (Fsp3) is 0.294. The molecule has 26 heavy (non-hydrogen) atoms. The molecule has 0 saturated carbocycles. The number of hydrogen-bond donors (Lipinski definition) is 1. The van der Waals surface area contributed by atoms with E-state index in [4.69, 9.17) is 0 Å². The van der Waals surface area contributed by atoms with E-state index in [2.05, 4.69) is 10.3 Å². The standard InChI is InChI=1S/C17H17F2N3O3S/c1-22(13-6-7-26(24,25)10-13)16-5-3-12(9-20-16)21-17(23)11-2-4-14(18)15(19)8-11/h2-5,8-9,13H,6-7,10H2,1H3,(H,21,23). The fourth-order valence-electron chi connectivity index (χ4n) is 2.78. The Labute approximate surface area is 149 Å². The Morgan fingerprint density at radius 1 is 1.23 bits per heavy atom. The van der Waals surface area contributed by atoms with E-state index in [-0.39, 0.29) is 23.1 Å². The van der Waals surface area contributed by atoms with Gasteiger partial charge in [-0.15, -0.1) is 0 Å². The number of amides is 1. The molecule has 1 fully saturated rings. The van der Waals surface area contributed by atoms with Crippen molar-refractivity contribution >= 4 is 27.2 Å². The molecule has 1 saturated heterocycles. The van der Waals surface area contributed by atoms with Crippen LogP contribution in [0.2, 0.25) is 0 Å². The van der Waals surface area contributed by atoms with Gasteiger partial charge in [-0.1, -0.05) is 0 Å². The number of nitrogens with one attached hydrogen (secondary N) is 1. The van der Waals surface area contributed by atoms with Crippen LogP contribution in [-0.4, -0.2) is 43.9 Å². The molecule has 9 heteroatoms. The molecule has 0 radical (unpaired) electrons. The highest BCUT2D eigenvalue weighted by molar-refractivity contribution is 7.91. The first-order valence-corrected chi connectivity index (χ1v) is 9.73. The third-order valence-electron chi connectivity index (χ3n) is 4.31. The van der Waals surface area contributed by atoms with Crippen molar-refractivity contribution in [3.8, 4) is 0 Å². The van der Waals surface area contributed by atoms with Crippen molar-refractivity contribution in [3.63, 3.8) is 0 Å². The van der Waals surface area contributed by atoms with Crippen molar-refractivity contribution < 1.29 is 22.0 Å². The van der Waals surface area contributed by atoms with Crippen LogP contribution in [0.1, 0.15) is 16.8 Å². The molecule has 1 aliphatic heterocycles. The van der Waals surface area contributed by atoms with Gasteiger partial charge in [-0.3, -0.25) is 4.79 Å². The smallest absolute Gasteiger partial charge is 0.255 e. The highest BCUT2D eigenvalue weighted by Gasteiger charge is 2.31. The third-order valence-corrected chi connectivity index (χ3v) is 6.06. The lowest BCUT2D eigenvalue weighted by Crippen LogP contribution is -2.33. The van der Waals surface area contributed by atoms with E-state index in [1.807, 2.05) is 0 Å². The van der Waals surface area contributed by atoms with E-state index >= 15 is 0 Å². The number of carbonyl (C=O) groups is 1. The van der Waals surface area contributed by atoms with Crippen LogP contribution in [0.4, 0.5) is 20.3 Å². The molecule has 0 spiro atoms. The van der Waals surface area contributed by atoms with E-state index in [1.165, 1.54) is 12.3 Å². The summed E-state index contributed by atoms with van der Waals surface area (Å²) >= 11 is 0. The van der Waals surface area contributed by atoms with Gasteiger partial charge in [0.05, 0.1) is 23.4 Å². The number of carbonyl (C=O) groups excluding carboxylic acids is 1. The quantitative estimate of drug-likeness (QED) is 0.879. The fourth-order valence-corrected chi connectivity index (χ4v) is 4.55. The Hall–Kier alpha value is -2.55. The number of halogens is 2. The lowest BCUT2D eigenvalue weighted by molar-refractivity contribution is 0.102. The van der Waals surface area contributed by atoms with Crippen molar-refractivity contribution in [2.75, 3.05) is 28.8 Å². The van der Waals surface area contributed by atoms with E-state index in [1.54, 1.807) is 24.1 Å². The lowest BCUT2D eigenvalue weighted by Gasteiger charge is -2.24. The Kier molecular flexibility index (Phi) is 4.90. The summed E-state index contributed by atoms with van der Waals surface area (Å²) in [5.74, 6) is -1.86. The molecule has 2 heterocycles. The molecule has 0 bridgehead atoms. The molecule has 138 valence electrons. The van der Waals surface area contributed by atoms with Gasteiger partial charge in [0.25, 0.3) is 5.91 Å². The third kappa shape index (κ3) is 3.98. The monoisotopic (exact) mass is 381 g/mol. The minimum absolute atomic E-state index is 0.0127. The molecule has 0 aliphatic carbocycles. The van der Waals surface area contributed by atoms with Crippen molar-refractivity contribution in [1.29, 1.82) is 0 Å². The van der Waals surface area contributed by atoms with Crippen LogP contribution in [0, 0.1) is 11.6 Å². The summed E-state index contributed by atoms with van der Waals surface area (Å²) in [7, 11) is -1.22. The second-order valence-corrected chi connectivity index (χ2v) is 8.38. The predicted molar refractivity (Wildman–Crippen MR) is 94.0 cm³/mol. The maximum absolute atomic E-state index is 13.2. The molecule has 1 atom stereocenters. The van der Waals surface area contributed by atoms with Gasteiger partial charge in [0.2, 0.25) is 0 Å². The summed E-state index contributed by atoms with van der Waals surface area (Å²) in [4.78, 5) is 18.1. The number of sulfone groups is 1. The van der Waals surface area contributed by atoms with Crippen molar-refractivity contribution in [1.82, 2.24) is 4.98 Å². The highest BCUT2D eigenvalue weighted by Crippen LogP contribution is 2.22. The first-order chi connectivity index (χ1) is 12.2. The first-order valence-electron chi connectivity index (χ1n) is 7.91. The molecule has 1 amide bonds. The molecule has 1 aromatic heterocycles. The maximum atomic E-state index is 13.2. The average molecular weight is 381 g/mol. The van der Waals surface area contributed by atoms with E-state index < -0.39 is 27.4 Å². The van der Waals surface area contributed by atoms with Crippen LogP contribution >= 0.6 is 0 Å². The lowest BCUT2D eigenvalue weighted by atomic mass is 10.2. The highest BCUT2D eigenvalue weighted by atomic mass is 32.2. The molecule has 1 unspecified atom stereocenters. The minimum atomic E-state index is -2.99. The summed E-state index contributed by atoms with van der Waals surface area (Å²) in [6.07, 6.45) is 1.97. The van der Waals surface area contributed by atoms with E-state index in [9.17, 15) is 22.0 Å². The predicted octanol–water partition coefficient (Wildman–Crippen LogP) is 2.24. The molecule has 3 rings (SSSR count). The van der Waals surface area contributed by atoms with Crippen LogP contribution in [0.25, 0.3) is 0 Å². The van der Waals surface area contributed by atoms with Crippen molar-refractivity contribution in [3.05, 3.63) is 53.7 Å². The normalized spacial score (nSPS) is 18.5. The number of nitrogens with zero attached hydrogens (tertiary/aromatic N) is 2. The summed E-state index contributed by atoms with van der Waals surface area (Å²) in [5, 5.41) is 2.55. The number of hydrogen-bond acceptors (Lipinski definition) is 5. The Morgan fingerprint density at radius 2 is 2.00 bits per heavy atom. The molecular formula is C17H17F2N3O3S. The van der Waals surface area contributed by atoms with Crippen LogP contribution in [0.5, 0.6) is 0 Å². The molecule has 6 nitrogen and oxygen atoms in total. The average Bonchev–Trinajstić information content (AvgIpc) is 2.97. The summed E-state index contributed by atoms with van der Waals surface area (Å²) in [6.45, 7) is 0. The summed E-state index contributed by atoms with van der Waals surface area (Å²) < 4.78 is 49.3. The molecule has 1 aromatic carbocycles. The number of rotatable bonds is 4. The van der Waals surface area contributed by atoms with E-state index in [0.29, 0.717) is 17.9 Å². The topological polar surface area (TPSA) is 79.4 Å². The number of benzene rings is 1. The van der Waals surface area contributed by atoms with Crippen LogP contribution in [0.15, 0.2) is 36.5 Å². The summed E-state index contributed by atoms with van der Waals surface area (Å²) in [6, 6.07) is 6.03. The minimum Gasteiger partial charge on any atom is -0.356 e.